The molecule has 0 N–H and O–H groups in total. The van der Waals surface area contributed by atoms with E-state index in [2.05, 4.69) is 37.5 Å². The van der Waals surface area contributed by atoms with Crippen molar-refractivity contribution in [3.63, 3.8) is 0 Å². The van der Waals surface area contributed by atoms with Crippen LogP contribution in [0.15, 0.2) is 0 Å². The Bertz CT molecular complexity index is 384. The zero-order valence-corrected chi connectivity index (χ0v) is 12.6. The lowest BCUT2D eigenvalue weighted by atomic mass is 9.80. The van der Waals surface area contributed by atoms with Gasteiger partial charge in [0.05, 0.1) is 23.2 Å². The minimum atomic E-state index is -0.326. The fourth-order valence-corrected chi connectivity index (χ4v) is 4.13. The number of carbonyl (C=O) groups is 1. The average molecular weight is 266 g/mol. The van der Waals surface area contributed by atoms with Crippen LogP contribution in [-0.4, -0.2) is 65.6 Å². The lowest BCUT2D eigenvalue weighted by molar-refractivity contribution is -0.139. The van der Waals surface area contributed by atoms with E-state index in [9.17, 15) is 4.79 Å². The van der Waals surface area contributed by atoms with Crippen LogP contribution in [-0.2, 0) is 9.53 Å². The number of fused-ring (bicyclic) bond motifs is 3. The molecule has 4 heterocycles. The van der Waals surface area contributed by atoms with Crippen LogP contribution in [0.4, 0.5) is 0 Å². The molecular formula is C15H26N2O2. The summed E-state index contributed by atoms with van der Waals surface area (Å²) in [6.07, 6.45) is 0.850. The van der Waals surface area contributed by atoms with E-state index in [1.807, 2.05) is 0 Å². The number of hydrogen-bond acceptors (Lipinski definition) is 4. The minimum Gasteiger partial charge on any atom is -0.369 e. The summed E-state index contributed by atoms with van der Waals surface area (Å²) in [4.78, 5) is 17.8. The first kappa shape index (κ1) is 13.5. The highest BCUT2D eigenvalue weighted by molar-refractivity contribution is 5.88. The van der Waals surface area contributed by atoms with Gasteiger partial charge in [0.15, 0.2) is 5.78 Å². The maximum Gasteiger partial charge on any atom is 0.157 e. The summed E-state index contributed by atoms with van der Waals surface area (Å²) in [5.41, 5.74) is -0.499. The van der Waals surface area contributed by atoms with Gasteiger partial charge >= 0.3 is 0 Å². The number of carbonyl (C=O) groups excluding carboxylic acids is 1. The Morgan fingerprint density at radius 2 is 1.74 bits per heavy atom. The third-order valence-electron chi connectivity index (χ3n) is 5.02. The second-order valence-corrected chi connectivity index (χ2v) is 7.48. The van der Waals surface area contributed by atoms with Crippen molar-refractivity contribution in [3.8, 4) is 0 Å². The molecule has 2 unspecified atom stereocenters. The lowest BCUT2D eigenvalue weighted by Crippen LogP contribution is -2.64. The second-order valence-electron chi connectivity index (χ2n) is 7.48. The maximum atomic E-state index is 12.9. The molecule has 4 rings (SSSR count). The molecule has 0 spiro atoms. The summed E-state index contributed by atoms with van der Waals surface area (Å²) >= 11 is 0. The van der Waals surface area contributed by atoms with Crippen molar-refractivity contribution in [3.05, 3.63) is 0 Å². The van der Waals surface area contributed by atoms with Gasteiger partial charge in [-0.2, -0.15) is 0 Å². The molecule has 4 saturated heterocycles. The Hall–Kier alpha value is -0.450. The molecule has 108 valence electrons. The molecule has 0 radical (unpaired) electrons. The molecule has 19 heavy (non-hydrogen) atoms. The van der Waals surface area contributed by atoms with Crippen molar-refractivity contribution < 1.29 is 9.53 Å². The molecule has 0 aromatic rings. The first-order chi connectivity index (χ1) is 8.78. The molecule has 0 aromatic heterocycles. The number of hydrogen-bond donors (Lipinski definition) is 0. The van der Waals surface area contributed by atoms with Crippen molar-refractivity contribution in [1.29, 1.82) is 0 Å². The standard InChI is InChI=1S/C15H26N2O2/c1-14(2)9-11(15(3,4)19-14)13(18)12-10-16-5-7-17(12)8-6-16/h11-12H,5-10H2,1-4H3. The highest BCUT2D eigenvalue weighted by atomic mass is 16.5. The Labute approximate surface area is 116 Å². The molecule has 4 fully saturated rings. The van der Waals surface area contributed by atoms with Crippen molar-refractivity contribution in [2.24, 2.45) is 5.92 Å². The zero-order valence-electron chi connectivity index (χ0n) is 12.6. The van der Waals surface area contributed by atoms with Gasteiger partial charge in [-0.25, -0.2) is 0 Å². The summed E-state index contributed by atoms with van der Waals surface area (Å²) < 4.78 is 6.09. The fraction of sp³-hybridized carbons (Fsp3) is 0.933. The van der Waals surface area contributed by atoms with Crippen molar-refractivity contribution in [2.75, 3.05) is 32.7 Å². The Balaban J connectivity index is 1.77. The van der Waals surface area contributed by atoms with E-state index >= 15 is 0 Å². The molecule has 0 aliphatic carbocycles. The summed E-state index contributed by atoms with van der Waals surface area (Å²) in [6.45, 7) is 13.6. The second kappa shape index (κ2) is 4.27. The van der Waals surface area contributed by atoms with Gasteiger partial charge in [-0.1, -0.05) is 0 Å². The van der Waals surface area contributed by atoms with Crippen LogP contribution < -0.4 is 0 Å². The molecule has 0 saturated carbocycles. The summed E-state index contributed by atoms with van der Waals surface area (Å²) in [5, 5.41) is 0. The van der Waals surface area contributed by atoms with E-state index < -0.39 is 0 Å². The van der Waals surface area contributed by atoms with Crippen LogP contribution in [0.5, 0.6) is 0 Å². The third-order valence-corrected chi connectivity index (χ3v) is 5.02. The Morgan fingerprint density at radius 3 is 2.16 bits per heavy atom. The van der Waals surface area contributed by atoms with E-state index in [-0.39, 0.29) is 23.2 Å². The van der Waals surface area contributed by atoms with Crippen LogP contribution in [0.2, 0.25) is 0 Å². The van der Waals surface area contributed by atoms with Gasteiger partial charge in [-0.05, 0) is 34.1 Å². The van der Waals surface area contributed by atoms with E-state index in [1.165, 1.54) is 0 Å². The number of ether oxygens (including phenoxy) is 1. The summed E-state index contributed by atoms with van der Waals surface area (Å²) in [6, 6.07) is 0.101. The van der Waals surface area contributed by atoms with Crippen LogP contribution in [0.1, 0.15) is 34.1 Å². The number of rotatable bonds is 2. The van der Waals surface area contributed by atoms with Crippen LogP contribution in [0.25, 0.3) is 0 Å². The van der Waals surface area contributed by atoms with Crippen molar-refractivity contribution >= 4 is 5.78 Å². The molecule has 4 nitrogen and oxygen atoms in total. The molecule has 4 aliphatic heterocycles. The van der Waals surface area contributed by atoms with Gasteiger partial charge < -0.3 is 4.74 Å². The van der Waals surface area contributed by atoms with Gasteiger partial charge in [0.2, 0.25) is 0 Å². The number of Topliss-reactive ketones (excluding diaryl/α,β-unsaturated/α-hetero) is 1. The topological polar surface area (TPSA) is 32.8 Å². The Kier molecular flexibility index (Phi) is 3.04. The molecule has 0 amide bonds. The normalized spacial score (nSPS) is 43.4. The SMILES string of the molecule is CC1(C)CC(C(=O)C2CN3CCN2CC3)C(C)(C)O1. The van der Waals surface area contributed by atoms with Gasteiger partial charge in [-0.3, -0.25) is 14.6 Å². The molecule has 4 heteroatoms. The largest absolute Gasteiger partial charge is 0.369 e. The number of ketones is 1. The highest BCUT2D eigenvalue weighted by Crippen LogP contribution is 2.43. The van der Waals surface area contributed by atoms with Crippen molar-refractivity contribution in [2.45, 2.75) is 51.4 Å². The van der Waals surface area contributed by atoms with E-state index in [4.69, 9.17) is 4.74 Å². The highest BCUT2D eigenvalue weighted by Gasteiger charge is 2.52. The van der Waals surface area contributed by atoms with E-state index in [1.54, 1.807) is 0 Å². The van der Waals surface area contributed by atoms with E-state index in [0.717, 1.165) is 39.1 Å². The molecule has 0 aromatic carbocycles. The van der Waals surface area contributed by atoms with E-state index in [0.29, 0.717) is 5.78 Å². The number of nitrogens with zero attached hydrogens (tertiary/aromatic N) is 2. The first-order valence-corrected chi connectivity index (χ1v) is 7.49. The third kappa shape index (κ3) is 2.34. The van der Waals surface area contributed by atoms with Gasteiger partial charge in [0, 0.05) is 32.7 Å². The predicted octanol–water partition coefficient (Wildman–Crippen LogP) is 1.15. The molecule has 4 aliphatic rings. The predicted molar refractivity (Wildman–Crippen MR) is 74.2 cm³/mol. The maximum absolute atomic E-state index is 12.9. The van der Waals surface area contributed by atoms with Crippen molar-refractivity contribution in [1.82, 2.24) is 9.80 Å². The monoisotopic (exact) mass is 266 g/mol. The number of piperazine rings is 3. The van der Waals surface area contributed by atoms with Gasteiger partial charge in [0.25, 0.3) is 0 Å². The summed E-state index contributed by atoms with van der Waals surface area (Å²) in [5.74, 6) is 0.438. The quantitative estimate of drug-likeness (QED) is 0.750. The Morgan fingerprint density at radius 1 is 1.11 bits per heavy atom. The first-order valence-electron chi connectivity index (χ1n) is 7.49. The van der Waals surface area contributed by atoms with Crippen LogP contribution in [0.3, 0.4) is 0 Å². The fourth-order valence-electron chi connectivity index (χ4n) is 4.13. The average Bonchev–Trinajstić information content (AvgIpc) is 2.58. The molecule has 2 atom stereocenters. The van der Waals surface area contributed by atoms with Gasteiger partial charge in [0.1, 0.15) is 0 Å². The zero-order chi connectivity index (χ0) is 13.8. The molecule has 2 bridgehead atoms. The van der Waals surface area contributed by atoms with Crippen LogP contribution in [0, 0.1) is 5.92 Å². The minimum absolute atomic E-state index is 0.0352. The smallest absolute Gasteiger partial charge is 0.157 e. The molecular weight excluding hydrogens is 240 g/mol. The summed E-state index contributed by atoms with van der Waals surface area (Å²) in [7, 11) is 0. The lowest BCUT2D eigenvalue weighted by Gasteiger charge is -2.47. The van der Waals surface area contributed by atoms with Crippen LogP contribution >= 0.6 is 0 Å². The van der Waals surface area contributed by atoms with Gasteiger partial charge in [-0.15, -0.1) is 0 Å².